The number of pyridine rings is 1. The van der Waals surface area contributed by atoms with Crippen molar-refractivity contribution >= 4 is 34.5 Å². The number of anilines is 2. The summed E-state index contributed by atoms with van der Waals surface area (Å²) in [6.45, 7) is 0.244. The van der Waals surface area contributed by atoms with E-state index >= 15 is 0 Å². The first kappa shape index (κ1) is 18.9. The number of nitrogens with one attached hydrogen (secondary N) is 1. The first-order chi connectivity index (χ1) is 15.1. The van der Waals surface area contributed by atoms with Gasteiger partial charge in [-0.15, -0.1) is 0 Å². The molecule has 31 heavy (non-hydrogen) atoms. The second kappa shape index (κ2) is 7.64. The zero-order valence-corrected chi connectivity index (χ0v) is 16.4. The van der Waals surface area contributed by atoms with Crippen molar-refractivity contribution in [3.05, 3.63) is 84.4 Å². The topological polar surface area (TPSA) is 80.1 Å². The smallest absolute Gasteiger partial charge is 0.253 e. The van der Waals surface area contributed by atoms with Crippen LogP contribution in [0.5, 0.6) is 0 Å². The first-order valence-corrected chi connectivity index (χ1v) is 9.84. The molecule has 1 atom stereocenters. The molecule has 154 valence electrons. The molecule has 1 aliphatic rings. The van der Waals surface area contributed by atoms with Crippen LogP contribution >= 0.6 is 0 Å². The predicted octanol–water partition coefficient (Wildman–Crippen LogP) is 3.69. The predicted molar refractivity (Wildman–Crippen MR) is 114 cm³/mol. The van der Waals surface area contributed by atoms with E-state index in [2.05, 4.69) is 15.3 Å². The maximum atomic E-state index is 13.9. The second-order valence-corrected chi connectivity index (χ2v) is 7.26. The van der Waals surface area contributed by atoms with Crippen molar-refractivity contribution in [1.29, 1.82) is 0 Å². The minimum atomic E-state index is -0.780. The molecule has 1 N–H and O–H groups in total. The molecule has 8 heteroatoms. The van der Waals surface area contributed by atoms with Gasteiger partial charge in [-0.05, 0) is 36.4 Å². The Morgan fingerprint density at radius 1 is 1.03 bits per heavy atom. The first-order valence-electron chi connectivity index (χ1n) is 9.84. The van der Waals surface area contributed by atoms with E-state index in [9.17, 15) is 14.0 Å². The summed E-state index contributed by atoms with van der Waals surface area (Å²) in [5.74, 6) is -0.755. The van der Waals surface area contributed by atoms with Gasteiger partial charge < -0.3 is 5.32 Å². The Morgan fingerprint density at radius 2 is 1.81 bits per heavy atom. The number of rotatable bonds is 5. The van der Waals surface area contributed by atoms with E-state index in [-0.39, 0.29) is 24.6 Å². The third-order valence-electron chi connectivity index (χ3n) is 5.25. The number of carbonyl (C=O) groups excluding carboxylic acids is 2. The number of fused-ring (bicyclic) bond motifs is 3. The highest BCUT2D eigenvalue weighted by Gasteiger charge is 2.41. The minimum absolute atomic E-state index is 0.0824. The quantitative estimate of drug-likeness (QED) is 0.539. The van der Waals surface area contributed by atoms with E-state index < -0.39 is 17.8 Å². The molecular formula is C23H18FN5O2. The highest BCUT2D eigenvalue weighted by Crippen LogP contribution is 2.37. The van der Waals surface area contributed by atoms with Crippen LogP contribution < -0.4 is 10.2 Å². The van der Waals surface area contributed by atoms with Gasteiger partial charge in [0, 0.05) is 6.20 Å². The van der Waals surface area contributed by atoms with E-state index in [0.717, 1.165) is 11.0 Å². The Kier molecular flexibility index (Phi) is 4.66. The zero-order chi connectivity index (χ0) is 21.4. The van der Waals surface area contributed by atoms with Crippen molar-refractivity contribution in [3.63, 3.8) is 0 Å². The molecule has 2 aromatic heterocycles. The number of amides is 2. The van der Waals surface area contributed by atoms with E-state index in [1.807, 2.05) is 36.4 Å². The van der Waals surface area contributed by atoms with Crippen molar-refractivity contribution in [1.82, 2.24) is 14.5 Å². The summed E-state index contributed by atoms with van der Waals surface area (Å²) < 4.78 is 15.7. The number of imidazole rings is 1. The van der Waals surface area contributed by atoms with Crippen molar-refractivity contribution in [2.24, 2.45) is 0 Å². The highest BCUT2D eigenvalue weighted by molar-refractivity contribution is 6.05. The summed E-state index contributed by atoms with van der Waals surface area (Å²) in [7, 11) is 0. The van der Waals surface area contributed by atoms with Crippen molar-refractivity contribution in [2.75, 3.05) is 10.2 Å². The summed E-state index contributed by atoms with van der Waals surface area (Å²) in [5.41, 5.74) is 2.29. The highest BCUT2D eigenvalue weighted by atomic mass is 19.1. The number of para-hydroxylation sites is 3. The summed E-state index contributed by atoms with van der Waals surface area (Å²) in [5, 5.41) is 2.56. The van der Waals surface area contributed by atoms with Crippen molar-refractivity contribution in [3.8, 4) is 0 Å². The third kappa shape index (κ3) is 3.42. The summed E-state index contributed by atoms with van der Waals surface area (Å²) in [6, 6.07) is 18.1. The maximum absolute atomic E-state index is 13.9. The van der Waals surface area contributed by atoms with Crippen LogP contribution in [0, 0.1) is 5.82 Å². The van der Waals surface area contributed by atoms with Crippen LogP contribution in [0.1, 0.15) is 18.2 Å². The molecule has 0 aliphatic carbocycles. The molecular weight excluding hydrogens is 397 g/mol. The molecule has 4 aromatic rings. The van der Waals surface area contributed by atoms with Gasteiger partial charge in [-0.1, -0.05) is 30.3 Å². The van der Waals surface area contributed by atoms with Gasteiger partial charge >= 0.3 is 0 Å². The summed E-state index contributed by atoms with van der Waals surface area (Å²) in [4.78, 5) is 36.5. The number of hydrogen-bond acceptors (Lipinski definition) is 4. The zero-order valence-electron chi connectivity index (χ0n) is 16.4. The number of nitrogens with zero attached hydrogens (tertiary/aromatic N) is 4. The van der Waals surface area contributed by atoms with E-state index in [0.29, 0.717) is 11.6 Å². The Balaban J connectivity index is 1.48. The fourth-order valence-corrected chi connectivity index (χ4v) is 3.84. The lowest BCUT2D eigenvalue weighted by molar-refractivity contribution is -0.124. The number of benzene rings is 2. The van der Waals surface area contributed by atoms with Crippen LogP contribution in [0.2, 0.25) is 0 Å². The average molecular weight is 415 g/mol. The standard InChI is InChI=1S/C23H18FN5O2/c24-16-8-1-2-9-17(16)26-21(30)13-20-22(31)28(14-15-7-5-6-12-25-15)23-27-18-10-3-4-11-19(18)29(20)23/h1-12,20H,13-14H2,(H,26,30)/t20-/m1/s1. The van der Waals surface area contributed by atoms with E-state index in [4.69, 9.17) is 0 Å². The van der Waals surface area contributed by atoms with Crippen molar-refractivity contribution < 1.29 is 14.0 Å². The second-order valence-electron chi connectivity index (χ2n) is 7.26. The lowest BCUT2D eigenvalue weighted by Crippen LogP contribution is -2.31. The van der Waals surface area contributed by atoms with Gasteiger partial charge in [0.25, 0.3) is 5.91 Å². The summed E-state index contributed by atoms with van der Waals surface area (Å²) >= 11 is 0. The van der Waals surface area contributed by atoms with Crippen LogP contribution in [0.25, 0.3) is 11.0 Å². The molecule has 7 nitrogen and oxygen atoms in total. The fraction of sp³-hybridized carbons (Fsp3) is 0.130. The van der Waals surface area contributed by atoms with Crippen molar-refractivity contribution in [2.45, 2.75) is 19.0 Å². The number of hydrogen-bond donors (Lipinski definition) is 1. The molecule has 0 radical (unpaired) electrons. The molecule has 0 saturated carbocycles. The fourth-order valence-electron chi connectivity index (χ4n) is 3.84. The van der Waals surface area contributed by atoms with E-state index in [1.165, 1.54) is 12.1 Å². The monoisotopic (exact) mass is 415 g/mol. The molecule has 0 bridgehead atoms. The summed E-state index contributed by atoms with van der Waals surface area (Å²) in [6.07, 6.45) is 1.53. The average Bonchev–Trinajstić information content (AvgIpc) is 3.27. The molecule has 0 unspecified atom stereocenters. The Bertz CT molecular complexity index is 1290. The van der Waals surface area contributed by atoms with Gasteiger partial charge in [0.15, 0.2) is 0 Å². The third-order valence-corrected chi connectivity index (χ3v) is 5.25. The minimum Gasteiger partial charge on any atom is -0.324 e. The number of carbonyl (C=O) groups is 2. The van der Waals surface area contributed by atoms with E-state index in [1.54, 1.807) is 33.9 Å². The van der Waals surface area contributed by atoms with Gasteiger partial charge in [0.05, 0.1) is 35.4 Å². The van der Waals surface area contributed by atoms with Gasteiger partial charge in [0.1, 0.15) is 11.9 Å². The molecule has 2 amide bonds. The molecule has 3 heterocycles. The van der Waals surface area contributed by atoms with Crippen LogP contribution in [0.3, 0.4) is 0 Å². The Morgan fingerprint density at radius 3 is 2.61 bits per heavy atom. The largest absolute Gasteiger partial charge is 0.324 e. The maximum Gasteiger partial charge on any atom is 0.253 e. The number of halogens is 1. The Hall–Kier alpha value is -4.07. The van der Waals surface area contributed by atoms with Gasteiger partial charge in [0.2, 0.25) is 11.9 Å². The van der Waals surface area contributed by atoms with Crippen LogP contribution in [-0.2, 0) is 16.1 Å². The SMILES string of the molecule is O=C(C[C@@H]1C(=O)N(Cc2ccccn2)c2nc3ccccc3n21)Nc1ccccc1F. The van der Waals surface area contributed by atoms with Gasteiger partial charge in [-0.3, -0.25) is 24.0 Å². The van der Waals surface area contributed by atoms with Gasteiger partial charge in [-0.25, -0.2) is 9.37 Å². The lowest BCUT2D eigenvalue weighted by atomic mass is 10.1. The molecule has 5 rings (SSSR count). The molecule has 0 spiro atoms. The van der Waals surface area contributed by atoms with Gasteiger partial charge in [-0.2, -0.15) is 0 Å². The van der Waals surface area contributed by atoms with Crippen LogP contribution in [-0.4, -0.2) is 26.3 Å². The number of aromatic nitrogens is 3. The van der Waals surface area contributed by atoms with Crippen LogP contribution in [0.4, 0.5) is 16.0 Å². The molecule has 0 saturated heterocycles. The molecule has 0 fully saturated rings. The normalized spacial score (nSPS) is 15.3. The Labute approximate surface area is 177 Å². The molecule has 1 aliphatic heterocycles. The molecule has 2 aromatic carbocycles. The van der Waals surface area contributed by atoms with Crippen LogP contribution in [0.15, 0.2) is 72.9 Å². The lowest BCUT2D eigenvalue weighted by Gasteiger charge is -2.15.